The van der Waals surface area contributed by atoms with Crippen molar-refractivity contribution in [1.29, 1.82) is 0 Å². The summed E-state index contributed by atoms with van der Waals surface area (Å²) in [6.07, 6.45) is 0. The number of benzene rings is 2. The van der Waals surface area contributed by atoms with E-state index in [1.807, 2.05) is 23.1 Å². The quantitative estimate of drug-likeness (QED) is 0.771. The maximum atomic E-state index is 13.7. The van der Waals surface area contributed by atoms with Crippen LogP contribution < -0.4 is 10.2 Å². The molecule has 174 valence electrons. The van der Waals surface area contributed by atoms with Crippen LogP contribution in [0.25, 0.3) is 0 Å². The van der Waals surface area contributed by atoms with E-state index in [4.69, 9.17) is 4.74 Å². The highest BCUT2D eigenvalue weighted by atomic mass is 16.5. The van der Waals surface area contributed by atoms with Crippen LogP contribution in [-0.4, -0.2) is 79.6 Å². The number of nitrogens with one attached hydrogen (secondary N) is 1. The molecule has 5 rings (SSSR count). The maximum Gasteiger partial charge on any atom is 0.254 e. The van der Waals surface area contributed by atoms with Gasteiger partial charge in [-0.25, -0.2) is 0 Å². The molecule has 0 radical (unpaired) electrons. The number of morpholine rings is 1. The number of nitrogens with zero attached hydrogens (tertiary/aromatic N) is 3. The van der Waals surface area contributed by atoms with E-state index in [0.29, 0.717) is 45.9 Å². The van der Waals surface area contributed by atoms with E-state index in [1.54, 1.807) is 0 Å². The van der Waals surface area contributed by atoms with Crippen molar-refractivity contribution >= 4 is 17.5 Å². The van der Waals surface area contributed by atoms with Crippen LogP contribution in [-0.2, 0) is 20.9 Å². The Morgan fingerprint density at radius 2 is 1.79 bits per heavy atom. The summed E-state index contributed by atoms with van der Waals surface area (Å²) >= 11 is 0. The first-order valence-electron chi connectivity index (χ1n) is 11.8. The van der Waals surface area contributed by atoms with Gasteiger partial charge in [-0.15, -0.1) is 0 Å². The molecule has 3 aliphatic heterocycles. The van der Waals surface area contributed by atoms with E-state index < -0.39 is 11.5 Å². The normalized spacial score (nSPS) is 26.0. The zero-order valence-electron chi connectivity index (χ0n) is 19.2. The Hall–Kier alpha value is -2.90. The van der Waals surface area contributed by atoms with Gasteiger partial charge in [0.15, 0.2) is 5.60 Å². The fourth-order valence-corrected chi connectivity index (χ4v) is 5.45. The highest BCUT2D eigenvalue weighted by molar-refractivity contribution is 5.94. The predicted molar refractivity (Wildman–Crippen MR) is 127 cm³/mol. The fourth-order valence-electron chi connectivity index (χ4n) is 5.45. The first kappa shape index (κ1) is 21.9. The summed E-state index contributed by atoms with van der Waals surface area (Å²) in [7, 11) is 0. The monoisotopic (exact) mass is 448 g/mol. The van der Waals surface area contributed by atoms with Gasteiger partial charge in [0.25, 0.3) is 5.91 Å². The van der Waals surface area contributed by atoms with Crippen LogP contribution in [0, 0.1) is 12.8 Å². The lowest BCUT2D eigenvalue weighted by Crippen LogP contribution is -2.63. The number of hydrogen-bond donors (Lipinski definition) is 1. The summed E-state index contributed by atoms with van der Waals surface area (Å²) in [4.78, 5) is 33.3. The number of likely N-dealkylation sites (tertiary alicyclic amines) is 1. The number of amides is 2. The summed E-state index contributed by atoms with van der Waals surface area (Å²) in [5, 5.41) is 2.95. The third kappa shape index (κ3) is 4.23. The number of piperazine rings is 1. The largest absolute Gasteiger partial charge is 0.368 e. The van der Waals surface area contributed by atoms with Crippen LogP contribution in [0.15, 0.2) is 54.6 Å². The number of hydrogen-bond acceptors (Lipinski definition) is 5. The van der Waals surface area contributed by atoms with Crippen LogP contribution in [0.3, 0.4) is 0 Å². The van der Waals surface area contributed by atoms with Gasteiger partial charge in [-0.2, -0.15) is 0 Å². The molecule has 2 aromatic rings. The Labute approximate surface area is 195 Å². The molecule has 3 saturated heterocycles. The molecule has 3 fully saturated rings. The lowest BCUT2D eigenvalue weighted by atomic mass is 9.87. The highest BCUT2D eigenvalue weighted by Gasteiger charge is 2.58. The summed E-state index contributed by atoms with van der Waals surface area (Å²) in [6.45, 7) is 7.60. The molecule has 0 unspecified atom stereocenters. The van der Waals surface area contributed by atoms with E-state index in [2.05, 4.69) is 58.4 Å². The molecule has 3 heterocycles. The van der Waals surface area contributed by atoms with Crippen LogP contribution in [0.5, 0.6) is 0 Å². The lowest BCUT2D eigenvalue weighted by Gasteiger charge is -2.41. The van der Waals surface area contributed by atoms with Crippen molar-refractivity contribution < 1.29 is 14.3 Å². The molecule has 2 atom stereocenters. The van der Waals surface area contributed by atoms with Gasteiger partial charge in [0.2, 0.25) is 5.91 Å². The molecule has 0 saturated carbocycles. The van der Waals surface area contributed by atoms with Crippen molar-refractivity contribution in [2.75, 3.05) is 57.3 Å². The molecule has 0 bridgehead atoms. The van der Waals surface area contributed by atoms with E-state index in [9.17, 15) is 9.59 Å². The molecule has 7 nitrogen and oxygen atoms in total. The minimum absolute atomic E-state index is 0.0343. The Bertz CT molecular complexity index is 1010. The SMILES string of the molecule is Cc1ccccc1N1CCN(C(=O)[C@H]2CN(Cc3ccccc3)C[C@@]23OCCNC3=O)CC1. The van der Waals surface area contributed by atoms with E-state index in [-0.39, 0.29) is 11.8 Å². The molecule has 0 aromatic heterocycles. The van der Waals surface area contributed by atoms with E-state index >= 15 is 0 Å². The Morgan fingerprint density at radius 1 is 1.06 bits per heavy atom. The van der Waals surface area contributed by atoms with Gasteiger partial charge in [-0.05, 0) is 24.1 Å². The Morgan fingerprint density at radius 3 is 2.52 bits per heavy atom. The number of para-hydroxylation sites is 1. The topological polar surface area (TPSA) is 65.1 Å². The van der Waals surface area contributed by atoms with Gasteiger partial charge in [0, 0.05) is 58.0 Å². The number of rotatable bonds is 4. The summed E-state index contributed by atoms with van der Waals surface area (Å²) in [5.41, 5.74) is 2.54. The van der Waals surface area contributed by atoms with Crippen molar-refractivity contribution in [3.63, 3.8) is 0 Å². The molecule has 1 N–H and O–H groups in total. The highest BCUT2D eigenvalue weighted by Crippen LogP contribution is 2.36. The molecule has 0 aliphatic carbocycles. The average Bonchev–Trinajstić information content (AvgIpc) is 3.20. The Kier molecular flexibility index (Phi) is 6.08. The second kappa shape index (κ2) is 9.15. The van der Waals surface area contributed by atoms with Crippen molar-refractivity contribution in [3.05, 3.63) is 65.7 Å². The van der Waals surface area contributed by atoms with Gasteiger partial charge in [0.05, 0.1) is 12.5 Å². The molecule has 2 amide bonds. The van der Waals surface area contributed by atoms with Gasteiger partial charge < -0.3 is 19.9 Å². The van der Waals surface area contributed by atoms with Crippen molar-refractivity contribution in [2.24, 2.45) is 5.92 Å². The van der Waals surface area contributed by atoms with Crippen molar-refractivity contribution in [3.8, 4) is 0 Å². The number of anilines is 1. The van der Waals surface area contributed by atoms with Crippen LogP contribution >= 0.6 is 0 Å². The van der Waals surface area contributed by atoms with Gasteiger partial charge in [0.1, 0.15) is 0 Å². The molecular formula is C26H32N4O3. The zero-order valence-corrected chi connectivity index (χ0v) is 19.2. The first-order chi connectivity index (χ1) is 16.1. The number of aryl methyl sites for hydroxylation is 1. The number of carbonyl (C=O) groups excluding carboxylic acids is 2. The molecule has 3 aliphatic rings. The van der Waals surface area contributed by atoms with Gasteiger partial charge in [-0.3, -0.25) is 14.5 Å². The second-order valence-corrected chi connectivity index (χ2v) is 9.30. The maximum absolute atomic E-state index is 13.7. The molecule has 7 heteroatoms. The zero-order chi connectivity index (χ0) is 22.8. The molecule has 33 heavy (non-hydrogen) atoms. The van der Waals surface area contributed by atoms with Gasteiger partial charge >= 0.3 is 0 Å². The van der Waals surface area contributed by atoms with Crippen molar-refractivity contribution in [2.45, 2.75) is 19.1 Å². The molecule has 2 aromatic carbocycles. The Balaban J connectivity index is 1.31. The summed E-state index contributed by atoms with van der Waals surface area (Å²) in [6, 6.07) is 18.6. The number of carbonyl (C=O) groups is 2. The lowest BCUT2D eigenvalue weighted by molar-refractivity contribution is -0.167. The minimum atomic E-state index is -1.10. The standard InChI is InChI=1S/C26H32N4O3/c1-20-7-5-6-10-23(20)29-12-14-30(15-13-29)24(31)22-18-28(17-21-8-3-2-4-9-21)19-26(22)25(32)27-11-16-33-26/h2-10,22H,11-19H2,1H3,(H,27,32)/t22-,26-/m1/s1. The van der Waals surface area contributed by atoms with E-state index in [0.717, 1.165) is 13.1 Å². The van der Waals surface area contributed by atoms with Crippen LogP contribution in [0.2, 0.25) is 0 Å². The van der Waals surface area contributed by atoms with Gasteiger partial charge in [-0.1, -0.05) is 48.5 Å². The molecular weight excluding hydrogens is 416 g/mol. The minimum Gasteiger partial charge on any atom is -0.368 e. The fraction of sp³-hybridized carbons (Fsp3) is 0.462. The third-order valence-electron chi connectivity index (χ3n) is 7.19. The summed E-state index contributed by atoms with van der Waals surface area (Å²) in [5.74, 6) is -0.611. The smallest absolute Gasteiger partial charge is 0.254 e. The van der Waals surface area contributed by atoms with Crippen LogP contribution in [0.4, 0.5) is 5.69 Å². The van der Waals surface area contributed by atoms with Crippen LogP contribution in [0.1, 0.15) is 11.1 Å². The predicted octanol–water partition coefficient (Wildman–Crippen LogP) is 1.66. The van der Waals surface area contributed by atoms with E-state index in [1.165, 1.54) is 16.8 Å². The number of ether oxygens (including phenoxy) is 1. The third-order valence-corrected chi connectivity index (χ3v) is 7.19. The average molecular weight is 449 g/mol. The summed E-state index contributed by atoms with van der Waals surface area (Å²) < 4.78 is 6.13. The first-order valence-corrected chi connectivity index (χ1v) is 11.8. The van der Waals surface area contributed by atoms with Crippen molar-refractivity contribution in [1.82, 2.24) is 15.1 Å². The second-order valence-electron chi connectivity index (χ2n) is 9.30. The molecule has 1 spiro atoms.